The number of thiocarbonyl (C=S) groups is 1. The van der Waals surface area contributed by atoms with Gasteiger partial charge in [0.15, 0.2) is 11.6 Å². The zero-order chi connectivity index (χ0) is 24.1. The van der Waals surface area contributed by atoms with Crippen LogP contribution in [-0.4, -0.2) is 38.9 Å². The number of ketones is 1. The zero-order valence-electron chi connectivity index (χ0n) is 18.1. The molecule has 0 aliphatic carbocycles. The topological polar surface area (TPSA) is 93.9 Å². The quantitative estimate of drug-likeness (QED) is 0.290. The van der Waals surface area contributed by atoms with E-state index in [1.807, 2.05) is 24.3 Å². The summed E-state index contributed by atoms with van der Waals surface area (Å²) < 4.78 is 27.7. The molecule has 34 heavy (non-hydrogen) atoms. The Morgan fingerprint density at radius 2 is 1.62 bits per heavy atom. The van der Waals surface area contributed by atoms with E-state index in [9.17, 15) is 13.2 Å². The minimum atomic E-state index is -4.00. The summed E-state index contributed by atoms with van der Waals surface area (Å²) >= 11 is 6.46. The standard InChI is InChI=1S/C24H20N4O3S3/c1-33-24(32)26-23-25-21(27-28(23)34(30,31)20-13-6-3-7-14-20)16-17-9-8-12-19(15-17)22(29)18-10-4-2-5-11-18/h2-15H,16H2,1H3,(H,25,26,27,32). The lowest BCUT2D eigenvalue weighted by atomic mass is 10.0. The Kier molecular flexibility index (Phi) is 7.20. The summed E-state index contributed by atoms with van der Waals surface area (Å²) in [4.78, 5) is 17.3. The van der Waals surface area contributed by atoms with Crippen LogP contribution in [0.3, 0.4) is 0 Å². The normalized spacial score (nSPS) is 11.2. The lowest BCUT2D eigenvalue weighted by molar-refractivity contribution is 0.103. The van der Waals surface area contributed by atoms with Crippen LogP contribution in [0.4, 0.5) is 5.95 Å². The van der Waals surface area contributed by atoms with E-state index >= 15 is 0 Å². The molecule has 0 aliphatic heterocycles. The van der Waals surface area contributed by atoms with Crippen LogP contribution in [0.2, 0.25) is 0 Å². The zero-order valence-corrected chi connectivity index (χ0v) is 20.5. The Balaban J connectivity index is 1.67. The number of anilines is 1. The largest absolute Gasteiger partial charge is 0.309 e. The van der Waals surface area contributed by atoms with Crippen molar-refractivity contribution in [2.45, 2.75) is 11.3 Å². The molecular weight excluding hydrogens is 488 g/mol. The van der Waals surface area contributed by atoms with Crippen molar-refractivity contribution in [1.82, 2.24) is 14.2 Å². The summed E-state index contributed by atoms with van der Waals surface area (Å²) in [5.74, 6) is 0.185. The molecule has 0 bridgehead atoms. The van der Waals surface area contributed by atoms with Gasteiger partial charge in [0.2, 0.25) is 5.95 Å². The number of rotatable bonds is 7. The van der Waals surface area contributed by atoms with Crippen LogP contribution >= 0.6 is 24.0 Å². The fraction of sp³-hybridized carbons (Fsp3) is 0.0833. The molecule has 0 aliphatic rings. The van der Waals surface area contributed by atoms with E-state index < -0.39 is 10.0 Å². The van der Waals surface area contributed by atoms with Gasteiger partial charge in [-0.15, -0.1) is 20.9 Å². The maximum Gasteiger partial charge on any atom is 0.286 e. The molecule has 0 spiro atoms. The highest BCUT2D eigenvalue weighted by Crippen LogP contribution is 2.20. The highest BCUT2D eigenvalue weighted by atomic mass is 32.2. The van der Waals surface area contributed by atoms with Crippen molar-refractivity contribution < 1.29 is 13.2 Å². The lowest BCUT2D eigenvalue weighted by Gasteiger charge is -2.08. The van der Waals surface area contributed by atoms with Gasteiger partial charge in [-0.3, -0.25) is 4.79 Å². The minimum absolute atomic E-state index is 0.00900. The number of hydrogen-bond acceptors (Lipinski definition) is 7. The number of hydrogen-bond donors (Lipinski definition) is 1. The van der Waals surface area contributed by atoms with Crippen molar-refractivity contribution in [3.63, 3.8) is 0 Å². The SMILES string of the molecule is CSC(=S)Nc1nc(Cc2cccc(C(=O)c3ccccc3)c2)nn1S(=O)(=O)c1ccccc1. The molecule has 0 radical (unpaired) electrons. The third kappa shape index (κ3) is 5.24. The van der Waals surface area contributed by atoms with Crippen LogP contribution in [0.5, 0.6) is 0 Å². The van der Waals surface area contributed by atoms with Gasteiger partial charge >= 0.3 is 0 Å². The smallest absolute Gasteiger partial charge is 0.286 e. The van der Waals surface area contributed by atoms with Crippen LogP contribution < -0.4 is 5.32 Å². The first-order chi connectivity index (χ1) is 16.4. The van der Waals surface area contributed by atoms with Gasteiger partial charge in [0.1, 0.15) is 4.32 Å². The van der Waals surface area contributed by atoms with Gasteiger partial charge in [-0.2, -0.15) is 13.4 Å². The van der Waals surface area contributed by atoms with Gasteiger partial charge in [0.25, 0.3) is 10.0 Å². The van der Waals surface area contributed by atoms with E-state index in [1.165, 1.54) is 23.9 Å². The second kappa shape index (κ2) is 10.3. The van der Waals surface area contributed by atoms with Gasteiger partial charge in [-0.25, -0.2) is 0 Å². The average molecular weight is 509 g/mol. The molecule has 7 nitrogen and oxygen atoms in total. The monoisotopic (exact) mass is 508 g/mol. The first kappa shape index (κ1) is 23.8. The highest BCUT2D eigenvalue weighted by molar-refractivity contribution is 8.22. The molecular formula is C24H20N4O3S3. The van der Waals surface area contributed by atoms with Crippen molar-refractivity contribution >= 4 is 50.1 Å². The van der Waals surface area contributed by atoms with Crippen LogP contribution in [-0.2, 0) is 16.4 Å². The molecule has 4 rings (SSSR count). The highest BCUT2D eigenvalue weighted by Gasteiger charge is 2.24. The van der Waals surface area contributed by atoms with Crippen LogP contribution in [0.25, 0.3) is 0 Å². The summed E-state index contributed by atoms with van der Waals surface area (Å²) in [5, 5.41) is 7.12. The van der Waals surface area contributed by atoms with E-state index in [-0.39, 0.29) is 28.9 Å². The Morgan fingerprint density at radius 3 is 2.29 bits per heavy atom. The Morgan fingerprint density at radius 1 is 0.971 bits per heavy atom. The molecule has 4 aromatic rings. The Bertz CT molecular complexity index is 1440. The number of aromatic nitrogens is 3. The third-order valence-electron chi connectivity index (χ3n) is 4.88. The Hall–Kier alpha value is -3.34. The van der Waals surface area contributed by atoms with Gasteiger partial charge < -0.3 is 5.32 Å². The first-order valence-corrected chi connectivity index (χ1v) is 13.3. The summed E-state index contributed by atoms with van der Waals surface area (Å²) in [5.41, 5.74) is 1.89. The Labute approximate surface area is 207 Å². The van der Waals surface area contributed by atoms with Gasteiger partial charge in [0, 0.05) is 17.5 Å². The number of nitrogens with one attached hydrogen (secondary N) is 1. The number of carbonyl (C=O) groups excluding carboxylic acids is 1. The van der Waals surface area contributed by atoms with Crippen molar-refractivity contribution in [2.24, 2.45) is 0 Å². The van der Waals surface area contributed by atoms with Gasteiger partial charge in [-0.1, -0.05) is 78.9 Å². The lowest BCUT2D eigenvalue weighted by Crippen LogP contribution is -2.19. The number of benzene rings is 3. The summed E-state index contributed by atoms with van der Waals surface area (Å²) in [7, 11) is -4.00. The van der Waals surface area contributed by atoms with Crippen molar-refractivity contribution in [3.05, 3.63) is 107 Å². The number of nitrogens with zero attached hydrogens (tertiary/aromatic N) is 3. The van der Waals surface area contributed by atoms with Gasteiger partial charge in [-0.05, 0) is 30.0 Å². The maximum absolute atomic E-state index is 13.2. The van der Waals surface area contributed by atoms with E-state index in [0.717, 1.165) is 9.65 Å². The van der Waals surface area contributed by atoms with E-state index in [4.69, 9.17) is 12.2 Å². The number of carbonyl (C=O) groups is 1. The third-order valence-corrected chi connectivity index (χ3v) is 7.53. The molecule has 1 N–H and O–H groups in total. The number of thioether (sulfide) groups is 1. The molecule has 0 amide bonds. The molecule has 172 valence electrons. The van der Waals surface area contributed by atoms with Crippen LogP contribution in [0.1, 0.15) is 27.3 Å². The fourth-order valence-electron chi connectivity index (χ4n) is 3.25. The van der Waals surface area contributed by atoms with Crippen LogP contribution in [0, 0.1) is 0 Å². The molecule has 0 fully saturated rings. The molecule has 3 aromatic carbocycles. The molecule has 1 aromatic heterocycles. The second-order valence-corrected chi connectivity index (χ2v) is 10.5. The predicted octanol–water partition coefficient (Wildman–Crippen LogP) is 4.40. The van der Waals surface area contributed by atoms with Gasteiger partial charge in [0.05, 0.1) is 4.90 Å². The fourth-order valence-corrected chi connectivity index (χ4v) is 4.76. The molecule has 0 saturated heterocycles. The maximum atomic E-state index is 13.2. The van der Waals surface area contributed by atoms with Crippen molar-refractivity contribution in [3.8, 4) is 0 Å². The summed E-state index contributed by atoms with van der Waals surface area (Å²) in [6.45, 7) is 0. The molecule has 10 heteroatoms. The summed E-state index contributed by atoms with van der Waals surface area (Å²) in [6.07, 6.45) is 2.01. The van der Waals surface area contributed by atoms with Crippen molar-refractivity contribution in [1.29, 1.82) is 0 Å². The van der Waals surface area contributed by atoms with E-state index in [1.54, 1.807) is 54.8 Å². The molecule has 0 unspecified atom stereocenters. The second-order valence-electron chi connectivity index (χ2n) is 7.20. The first-order valence-electron chi connectivity index (χ1n) is 10.2. The molecule has 1 heterocycles. The molecule has 0 saturated carbocycles. The van der Waals surface area contributed by atoms with Crippen molar-refractivity contribution in [2.75, 3.05) is 11.6 Å². The predicted molar refractivity (Wildman–Crippen MR) is 138 cm³/mol. The summed E-state index contributed by atoms with van der Waals surface area (Å²) in [6, 6.07) is 24.1. The van der Waals surface area contributed by atoms with E-state index in [2.05, 4.69) is 15.4 Å². The van der Waals surface area contributed by atoms with E-state index in [0.29, 0.717) is 15.4 Å². The average Bonchev–Trinajstić information content (AvgIpc) is 3.27. The molecule has 0 atom stereocenters. The minimum Gasteiger partial charge on any atom is -0.309 e. The van der Waals surface area contributed by atoms with Crippen LogP contribution in [0.15, 0.2) is 89.8 Å².